The van der Waals surface area contributed by atoms with Gasteiger partial charge in [-0.25, -0.2) is 15.0 Å². The topological polar surface area (TPSA) is 103 Å². The number of nitrogens with two attached hydrogens (primary N) is 2. The third kappa shape index (κ3) is 3.52. The number of halogens is 1. The molecule has 0 unspecified atom stereocenters. The highest BCUT2D eigenvalue weighted by molar-refractivity contribution is 7.99. The Kier molecular flexibility index (Phi) is 5.12. The van der Waals surface area contributed by atoms with Gasteiger partial charge in [-0.3, -0.25) is 0 Å². The smallest absolute Gasteiger partial charge is 0.147 e. The summed E-state index contributed by atoms with van der Waals surface area (Å²) in [6.07, 6.45) is 10.5. The molecule has 2 aromatic heterocycles. The third-order valence-corrected chi connectivity index (χ3v) is 8.70. The van der Waals surface area contributed by atoms with Crippen LogP contribution < -0.4 is 21.1 Å². The lowest BCUT2D eigenvalue weighted by atomic mass is 9.80. The molecule has 9 heteroatoms. The molecule has 0 amide bonds. The number of ether oxygens (including phenoxy) is 1. The standard InChI is InChI=1S/C24H25ClN6OS/c25-21-18(8-10-28-23(21)27)33-20-13-29-19(12-30-20)31-14-5-6-15(31)11-24(9-7-14)22(26)16-3-1-2-4-17(16)32-24/h1-4,8,10,12-15,22H,5-7,9,11,26H2,(H2,27,28)/t14-,15+,22-,24+/m1/s1. The maximum Gasteiger partial charge on any atom is 0.147 e. The molecule has 3 aliphatic rings. The van der Waals surface area contributed by atoms with Gasteiger partial charge in [-0.1, -0.05) is 41.6 Å². The van der Waals surface area contributed by atoms with Crippen LogP contribution in [-0.4, -0.2) is 32.6 Å². The Morgan fingerprint density at radius 1 is 1.06 bits per heavy atom. The van der Waals surface area contributed by atoms with Crippen molar-refractivity contribution in [2.75, 3.05) is 10.6 Å². The Hall–Kier alpha value is -2.55. The van der Waals surface area contributed by atoms with Crippen molar-refractivity contribution < 1.29 is 4.74 Å². The maximum absolute atomic E-state index is 6.76. The quantitative estimate of drug-likeness (QED) is 0.560. The molecule has 2 bridgehead atoms. The first-order valence-corrected chi connectivity index (χ1v) is 12.5. The van der Waals surface area contributed by atoms with Crippen molar-refractivity contribution in [2.45, 2.75) is 65.8 Å². The number of nitrogen functional groups attached to an aromatic ring is 1. The molecule has 0 aliphatic carbocycles. The maximum atomic E-state index is 6.76. The van der Waals surface area contributed by atoms with E-state index in [1.807, 2.05) is 30.5 Å². The van der Waals surface area contributed by atoms with Crippen molar-refractivity contribution in [1.82, 2.24) is 15.0 Å². The monoisotopic (exact) mass is 480 g/mol. The van der Waals surface area contributed by atoms with Gasteiger partial charge in [0.05, 0.1) is 23.5 Å². The van der Waals surface area contributed by atoms with Crippen molar-refractivity contribution >= 4 is 35.0 Å². The predicted octanol–water partition coefficient (Wildman–Crippen LogP) is 4.61. The lowest BCUT2D eigenvalue weighted by Crippen LogP contribution is -2.45. The van der Waals surface area contributed by atoms with Crippen LogP contribution in [0.15, 0.2) is 58.8 Å². The Bertz CT molecular complexity index is 1190. The SMILES string of the molecule is Nc1nccc(Sc2cnc(N3[C@@H]4CC[C@H]3C[C@]3(CC4)Oc4ccccc4[C@H]3N)cn2)c1Cl. The summed E-state index contributed by atoms with van der Waals surface area (Å²) in [6.45, 7) is 0. The Balaban J connectivity index is 1.23. The third-order valence-electron chi connectivity index (χ3n) is 7.21. The number of rotatable bonds is 3. The van der Waals surface area contributed by atoms with E-state index < -0.39 is 0 Å². The van der Waals surface area contributed by atoms with E-state index in [4.69, 9.17) is 32.8 Å². The lowest BCUT2D eigenvalue weighted by Gasteiger charge is -2.35. The van der Waals surface area contributed by atoms with Crippen LogP contribution in [-0.2, 0) is 0 Å². The van der Waals surface area contributed by atoms with Gasteiger partial charge in [0, 0.05) is 35.2 Å². The van der Waals surface area contributed by atoms with Gasteiger partial charge in [0.2, 0.25) is 0 Å². The summed E-state index contributed by atoms with van der Waals surface area (Å²) < 4.78 is 6.55. The van der Waals surface area contributed by atoms with Gasteiger partial charge in [0.25, 0.3) is 0 Å². The second-order valence-electron chi connectivity index (χ2n) is 9.04. The van der Waals surface area contributed by atoms with Crippen molar-refractivity contribution in [3.05, 3.63) is 59.5 Å². The van der Waals surface area contributed by atoms with Crippen LogP contribution in [0.5, 0.6) is 5.75 Å². The molecule has 1 aromatic carbocycles. The summed E-state index contributed by atoms with van der Waals surface area (Å²) in [5, 5.41) is 1.21. The molecular formula is C24H25ClN6OS. The molecule has 1 spiro atoms. The number of nitrogens with zero attached hydrogens (tertiary/aromatic N) is 4. The van der Waals surface area contributed by atoms with Crippen LogP contribution in [0.3, 0.4) is 0 Å². The number of benzene rings is 1. The van der Waals surface area contributed by atoms with Crippen molar-refractivity contribution in [1.29, 1.82) is 0 Å². The first-order chi connectivity index (χ1) is 16.0. The predicted molar refractivity (Wildman–Crippen MR) is 130 cm³/mol. The van der Waals surface area contributed by atoms with Crippen molar-refractivity contribution in [2.24, 2.45) is 5.73 Å². The average Bonchev–Trinajstić information content (AvgIpc) is 3.28. The molecule has 3 aromatic rings. The van der Waals surface area contributed by atoms with Gasteiger partial charge >= 0.3 is 0 Å². The van der Waals surface area contributed by atoms with Crippen molar-refractivity contribution in [3.63, 3.8) is 0 Å². The largest absolute Gasteiger partial charge is 0.485 e. The fourth-order valence-electron chi connectivity index (χ4n) is 5.63. The van der Waals surface area contributed by atoms with E-state index in [9.17, 15) is 0 Å². The Morgan fingerprint density at radius 2 is 1.91 bits per heavy atom. The van der Waals surface area contributed by atoms with Gasteiger partial charge in [0.1, 0.15) is 28.0 Å². The first kappa shape index (κ1) is 21.0. The molecule has 4 N–H and O–H groups in total. The number of para-hydroxylation sites is 1. The second-order valence-corrected chi connectivity index (χ2v) is 10.5. The minimum Gasteiger partial charge on any atom is -0.485 e. The molecule has 4 atom stereocenters. The molecule has 6 rings (SSSR count). The van der Waals surface area contributed by atoms with Crippen molar-refractivity contribution in [3.8, 4) is 5.75 Å². The van der Waals surface area contributed by atoms with E-state index in [2.05, 4.69) is 20.9 Å². The summed E-state index contributed by atoms with van der Waals surface area (Å²) in [5.74, 6) is 2.16. The summed E-state index contributed by atoms with van der Waals surface area (Å²) in [7, 11) is 0. The number of fused-ring (bicyclic) bond motifs is 3. The van der Waals surface area contributed by atoms with Crippen LogP contribution in [0.2, 0.25) is 5.02 Å². The average molecular weight is 481 g/mol. The molecule has 3 aliphatic heterocycles. The highest BCUT2D eigenvalue weighted by atomic mass is 35.5. The minimum absolute atomic E-state index is 0.0997. The van der Waals surface area contributed by atoms with E-state index >= 15 is 0 Å². The number of pyridine rings is 1. The highest BCUT2D eigenvalue weighted by Crippen LogP contribution is 2.51. The molecule has 0 saturated carbocycles. The summed E-state index contributed by atoms with van der Waals surface area (Å²) >= 11 is 7.71. The Morgan fingerprint density at radius 3 is 2.73 bits per heavy atom. The molecule has 170 valence electrons. The lowest BCUT2D eigenvalue weighted by molar-refractivity contribution is 0.0449. The summed E-state index contributed by atoms with van der Waals surface area (Å²) in [4.78, 5) is 16.7. The van der Waals surface area contributed by atoms with E-state index in [0.717, 1.165) is 59.2 Å². The zero-order chi connectivity index (χ0) is 22.6. The molecule has 7 nitrogen and oxygen atoms in total. The van der Waals surface area contributed by atoms with Crippen LogP contribution in [0.25, 0.3) is 0 Å². The normalized spacial score (nSPS) is 27.9. The number of hydrogen-bond acceptors (Lipinski definition) is 8. The summed E-state index contributed by atoms with van der Waals surface area (Å²) in [6, 6.07) is 10.7. The molecule has 2 saturated heterocycles. The van der Waals surface area contributed by atoms with E-state index in [0.29, 0.717) is 22.9 Å². The van der Waals surface area contributed by atoms with Gasteiger partial charge in [0.15, 0.2) is 0 Å². The number of hydrogen-bond donors (Lipinski definition) is 2. The number of aromatic nitrogens is 3. The zero-order valence-electron chi connectivity index (χ0n) is 18.0. The zero-order valence-corrected chi connectivity index (χ0v) is 19.6. The molecule has 0 radical (unpaired) electrons. The minimum atomic E-state index is -0.344. The molecule has 33 heavy (non-hydrogen) atoms. The Labute approximate surface area is 201 Å². The molecule has 2 fully saturated rings. The van der Waals surface area contributed by atoms with Gasteiger partial charge in [-0.2, -0.15) is 0 Å². The van der Waals surface area contributed by atoms with Gasteiger partial charge < -0.3 is 21.1 Å². The van der Waals surface area contributed by atoms with Gasteiger partial charge in [-0.05, 0) is 37.8 Å². The van der Waals surface area contributed by atoms with E-state index in [1.165, 1.54) is 11.8 Å². The van der Waals surface area contributed by atoms with Crippen LogP contribution in [0, 0.1) is 0 Å². The summed E-state index contributed by atoms with van der Waals surface area (Å²) in [5.41, 5.74) is 13.4. The molecular weight excluding hydrogens is 456 g/mol. The van der Waals surface area contributed by atoms with Crippen LogP contribution in [0.1, 0.15) is 43.7 Å². The highest BCUT2D eigenvalue weighted by Gasteiger charge is 2.53. The van der Waals surface area contributed by atoms with Gasteiger partial charge in [-0.15, -0.1) is 0 Å². The fourth-order valence-corrected chi connectivity index (χ4v) is 6.62. The number of anilines is 2. The van der Waals surface area contributed by atoms with E-state index in [-0.39, 0.29) is 11.6 Å². The van der Waals surface area contributed by atoms with Crippen LogP contribution in [0.4, 0.5) is 11.6 Å². The second kappa shape index (κ2) is 8.04. The fraction of sp³-hybridized carbons (Fsp3) is 0.375. The first-order valence-electron chi connectivity index (χ1n) is 11.3. The van der Waals surface area contributed by atoms with Crippen LogP contribution >= 0.6 is 23.4 Å². The van der Waals surface area contributed by atoms with E-state index in [1.54, 1.807) is 12.4 Å². The molecule has 5 heterocycles.